The summed E-state index contributed by atoms with van der Waals surface area (Å²) in [6, 6.07) is 17.9. The molecular weight excluding hydrogens is 428 g/mol. The summed E-state index contributed by atoms with van der Waals surface area (Å²) in [7, 11) is 0. The zero-order chi connectivity index (χ0) is 22.3. The van der Waals surface area contributed by atoms with Gasteiger partial charge in [0.2, 0.25) is 5.89 Å². The van der Waals surface area contributed by atoms with Crippen LogP contribution in [0.1, 0.15) is 38.2 Å². The molecule has 2 aromatic carbocycles. The number of carbonyl (C=O) groups is 2. The van der Waals surface area contributed by atoms with Crippen molar-refractivity contribution in [2.75, 3.05) is 5.32 Å². The highest BCUT2D eigenvalue weighted by Crippen LogP contribution is 2.25. The molecule has 0 radical (unpaired) electrons. The van der Waals surface area contributed by atoms with Crippen molar-refractivity contribution in [1.29, 1.82) is 0 Å². The number of thioether (sulfide) groups is 1. The largest absolute Gasteiger partial charge is 0.459 e. The zero-order valence-electron chi connectivity index (χ0n) is 17.2. The van der Waals surface area contributed by atoms with E-state index in [0.29, 0.717) is 35.3 Å². The molecule has 4 aromatic rings. The van der Waals surface area contributed by atoms with Gasteiger partial charge < -0.3 is 19.6 Å². The molecule has 0 saturated carbocycles. The first-order valence-corrected chi connectivity index (χ1v) is 10.8. The Balaban J connectivity index is 1.33. The van der Waals surface area contributed by atoms with E-state index >= 15 is 0 Å². The van der Waals surface area contributed by atoms with Crippen molar-refractivity contribution < 1.29 is 18.5 Å². The van der Waals surface area contributed by atoms with Crippen LogP contribution >= 0.6 is 11.8 Å². The normalized spacial score (nSPS) is 10.7. The van der Waals surface area contributed by atoms with Crippen molar-refractivity contribution in [2.24, 2.45) is 0 Å². The Labute approximate surface area is 188 Å². The van der Waals surface area contributed by atoms with Gasteiger partial charge in [0.25, 0.3) is 11.8 Å². The molecule has 0 saturated heterocycles. The number of hydrogen-bond donors (Lipinski definition) is 2. The fraction of sp³-hybridized carbons (Fsp3) is 0.130. The van der Waals surface area contributed by atoms with Crippen LogP contribution in [0.2, 0.25) is 0 Å². The van der Waals surface area contributed by atoms with E-state index in [1.165, 1.54) is 18.0 Å². The number of rotatable bonds is 8. The topological polar surface area (TPSA) is 110 Å². The van der Waals surface area contributed by atoms with Crippen molar-refractivity contribution in [3.05, 3.63) is 95.5 Å². The smallest absolute Gasteiger partial charge is 0.291 e. The number of aryl methyl sites for hydroxylation is 1. The first-order chi connectivity index (χ1) is 15.6. The second-order valence-electron chi connectivity index (χ2n) is 6.83. The third-order valence-electron chi connectivity index (χ3n) is 4.47. The van der Waals surface area contributed by atoms with E-state index in [9.17, 15) is 9.59 Å². The monoisotopic (exact) mass is 448 g/mol. The third-order valence-corrected chi connectivity index (χ3v) is 5.54. The highest BCUT2D eigenvalue weighted by atomic mass is 32.2. The first kappa shape index (κ1) is 21.4. The number of aromatic nitrogens is 2. The van der Waals surface area contributed by atoms with Crippen LogP contribution in [-0.2, 0) is 12.3 Å². The quantitative estimate of drug-likeness (QED) is 0.383. The molecule has 32 heavy (non-hydrogen) atoms. The molecule has 4 rings (SSSR count). The number of anilines is 1. The number of carbonyl (C=O) groups excluding carboxylic acids is 2. The fourth-order valence-corrected chi connectivity index (χ4v) is 3.80. The van der Waals surface area contributed by atoms with Gasteiger partial charge in [0.1, 0.15) is 0 Å². The van der Waals surface area contributed by atoms with Crippen LogP contribution in [0.15, 0.2) is 80.8 Å². The molecule has 2 heterocycles. The summed E-state index contributed by atoms with van der Waals surface area (Å²) in [5, 5.41) is 9.58. The Bertz CT molecular complexity index is 1200. The first-order valence-electron chi connectivity index (χ1n) is 9.81. The second-order valence-corrected chi connectivity index (χ2v) is 7.84. The number of furan rings is 1. The average Bonchev–Trinajstić information content (AvgIpc) is 3.49. The number of hydrogen-bond acceptors (Lipinski definition) is 7. The molecule has 0 aliphatic heterocycles. The summed E-state index contributed by atoms with van der Waals surface area (Å²) in [4.78, 5) is 29.8. The molecule has 0 atom stereocenters. The van der Waals surface area contributed by atoms with Crippen LogP contribution in [0.3, 0.4) is 0 Å². The maximum absolute atomic E-state index is 12.8. The average molecular weight is 449 g/mol. The minimum absolute atomic E-state index is 0.174. The Kier molecular flexibility index (Phi) is 6.66. The highest BCUT2D eigenvalue weighted by molar-refractivity contribution is 7.98. The van der Waals surface area contributed by atoms with Crippen LogP contribution in [0.25, 0.3) is 0 Å². The van der Waals surface area contributed by atoms with Gasteiger partial charge in [-0.3, -0.25) is 9.59 Å². The predicted octanol–water partition coefficient (Wildman–Crippen LogP) is 4.45. The maximum Gasteiger partial charge on any atom is 0.291 e. The molecule has 0 aliphatic rings. The van der Waals surface area contributed by atoms with E-state index in [4.69, 9.17) is 8.94 Å². The lowest BCUT2D eigenvalue weighted by Crippen LogP contribution is -2.23. The van der Waals surface area contributed by atoms with Crippen molar-refractivity contribution >= 4 is 29.3 Å². The van der Waals surface area contributed by atoms with Gasteiger partial charge in [0.05, 0.1) is 17.6 Å². The van der Waals surface area contributed by atoms with Crippen LogP contribution in [0.5, 0.6) is 0 Å². The van der Waals surface area contributed by atoms with E-state index < -0.39 is 0 Å². The van der Waals surface area contributed by atoms with Gasteiger partial charge in [0.15, 0.2) is 11.6 Å². The predicted molar refractivity (Wildman–Crippen MR) is 119 cm³/mol. The van der Waals surface area contributed by atoms with Gasteiger partial charge in [-0.25, -0.2) is 0 Å². The standard InChI is InChI=1S/C23H20N4O4S/c1-15-25-21(27-31-15)14-32-20-7-3-2-5-18(20)22(28)24-13-16-8-10-17(11-9-16)26-23(29)19-6-4-12-30-19/h2-12H,13-14H2,1H3,(H,24,28)(H,26,29). The Hall–Kier alpha value is -3.85. The molecule has 0 spiro atoms. The molecular formula is C23H20N4O4S. The third kappa shape index (κ3) is 5.44. The lowest BCUT2D eigenvalue weighted by molar-refractivity contribution is 0.0947. The number of amides is 2. The van der Waals surface area contributed by atoms with Crippen LogP contribution in [0, 0.1) is 6.92 Å². The Morgan fingerprint density at radius 1 is 1.00 bits per heavy atom. The van der Waals surface area contributed by atoms with Crippen LogP contribution in [0.4, 0.5) is 5.69 Å². The fourth-order valence-electron chi connectivity index (χ4n) is 2.91. The van der Waals surface area contributed by atoms with E-state index in [-0.39, 0.29) is 17.6 Å². The van der Waals surface area contributed by atoms with E-state index in [1.54, 1.807) is 37.3 Å². The van der Waals surface area contributed by atoms with Gasteiger partial charge in [-0.05, 0) is 42.0 Å². The van der Waals surface area contributed by atoms with Crippen LogP contribution < -0.4 is 10.6 Å². The molecule has 162 valence electrons. The van der Waals surface area contributed by atoms with Crippen LogP contribution in [-0.4, -0.2) is 22.0 Å². The summed E-state index contributed by atoms with van der Waals surface area (Å²) in [5.74, 6) is 1.36. The molecule has 2 amide bonds. The molecule has 2 aromatic heterocycles. The summed E-state index contributed by atoms with van der Waals surface area (Å²) < 4.78 is 10.1. The van der Waals surface area contributed by atoms with Crippen molar-refractivity contribution in [3.8, 4) is 0 Å². The summed E-state index contributed by atoms with van der Waals surface area (Å²) in [6.45, 7) is 2.09. The van der Waals surface area contributed by atoms with E-state index in [1.807, 2.05) is 30.3 Å². The van der Waals surface area contributed by atoms with Gasteiger partial charge in [-0.15, -0.1) is 11.8 Å². The van der Waals surface area contributed by atoms with Gasteiger partial charge in [0, 0.05) is 24.1 Å². The van der Waals surface area contributed by atoms with Crippen molar-refractivity contribution in [3.63, 3.8) is 0 Å². The Morgan fingerprint density at radius 3 is 2.53 bits per heavy atom. The number of benzene rings is 2. The SMILES string of the molecule is Cc1nc(CSc2ccccc2C(=O)NCc2ccc(NC(=O)c3ccco3)cc2)no1. The molecule has 9 heteroatoms. The molecule has 0 aliphatic carbocycles. The van der Waals surface area contributed by atoms with Gasteiger partial charge >= 0.3 is 0 Å². The number of nitrogens with zero attached hydrogens (tertiary/aromatic N) is 2. The van der Waals surface area contributed by atoms with Crippen molar-refractivity contribution in [1.82, 2.24) is 15.5 Å². The molecule has 0 fully saturated rings. The minimum atomic E-state index is -0.318. The lowest BCUT2D eigenvalue weighted by atomic mass is 10.1. The molecule has 0 bridgehead atoms. The maximum atomic E-state index is 12.8. The lowest BCUT2D eigenvalue weighted by Gasteiger charge is -2.10. The van der Waals surface area contributed by atoms with E-state index in [2.05, 4.69) is 20.8 Å². The van der Waals surface area contributed by atoms with Gasteiger partial charge in [-0.2, -0.15) is 4.98 Å². The number of nitrogens with one attached hydrogen (secondary N) is 2. The van der Waals surface area contributed by atoms with Gasteiger partial charge in [-0.1, -0.05) is 29.4 Å². The van der Waals surface area contributed by atoms with Crippen molar-refractivity contribution in [2.45, 2.75) is 24.1 Å². The Morgan fingerprint density at radius 2 is 1.81 bits per heavy atom. The molecule has 2 N–H and O–H groups in total. The zero-order valence-corrected chi connectivity index (χ0v) is 18.0. The summed E-state index contributed by atoms with van der Waals surface area (Å²) in [5.41, 5.74) is 2.13. The minimum Gasteiger partial charge on any atom is -0.459 e. The molecule has 8 nitrogen and oxygen atoms in total. The highest BCUT2D eigenvalue weighted by Gasteiger charge is 2.13. The second kappa shape index (κ2) is 9.97. The summed E-state index contributed by atoms with van der Waals surface area (Å²) >= 11 is 1.48. The summed E-state index contributed by atoms with van der Waals surface area (Å²) in [6.07, 6.45) is 1.45. The van der Waals surface area contributed by atoms with E-state index in [0.717, 1.165) is 10.5 Å². The molecule has 0 unspecified atom stereocenters.